The molecular weight excluding hydrogens is 353 g/mol. The summed E-state index contributed by atoms with van der Waals surface area (Å²) in [7, 11) is 1.57. The molecule has 2 N–H and O–H groups in total. The largest absolute Gasteiger partial charge is 0.383 e. The van der Waals surface area contributed by atoms with Crippen LogP contribution in [0.15, 0.2) is 24.3 Å². The summed E-state index contributed by atoms with van der Waals surface area (Å²) >= 11 is 6.15. The lowest BCUT2D eigenvalue weighted by Gasteiger charge is -2.33. The average Bonchev–Trinajstić information content (AvgIpc) is 2.53. The predicted molar refractivity (Wildman–Crippen MR) is 95.4 cm³/mol. The van der Waals surface area contributed by atoms with Crippen LogP contribution in [-0.2, 0) is 20.9 Å². The number of nitrogens with one attached hydrogen (secondary N) is 2. The Morgan fingerprint density at radius 3 is 2.92 bits per heavy atom. The highest BCUT2D eigenvalue weighted by atomic mass is 35.5. The van der Waals surface area contributed by atoms with E-state index >= 15 is 0 Å². The highest BCUT2D eigenvalue weighted by Gasteiger charge is 2.30. The molecule has 1 saturated heterocycles. The molecule has 1 fully saturated rings. The SMILES string of the molecule is COCCNC(=O)CC1NCCN(Cc2ccccc2Cl)C1=O.Cl. The number of rotatable bonds is 7. The molecule has 134 valence electrons. The summed E-state index contributed by atoms with van der Waals surface area (Å²) in [5.74, 6) is -0.231. The standard InChI is InChI=1S/C16H22ClN3O3.ClH/c1-23-9-7-19-15(21)10-14-16(22)20(8-6-18-14)11-12-4-2-3-5-13(12)17;/h2-5,14,18H,6-11H2,1H3,(H,19,21);1H. The van der Waals surface area contributed by atoms with E-state index in [4.69, 9.17) is 16.3 Å². The third-order valence-corrected chi connectivity index (χ3v) is 4.09. The number of halogens is 2. The van der Waals surface area contributed by atoms with E-state index in [1.165, 1.54) is 0 Å². The van der Waals surface area contributed by atoms with Gasteiger partial charge in [0.15, 0.2) is 0 Å². The van der Waals surface area contributed by atoms with Gasteiger partial charge >= 0.3 is 0 Å². The fraction of sp³-hybridized carbons (Fsp3) is 0.500. The summed E-state index contributed by atoms with van der Waals surface area (Å²) in [5, 5.41) is 6.48. The molecule has 2 amide bonds. The number of piperazine rings is 1. The first-order chi connectivity index (χ1) is 11.1. The molecule has 0 radical (unpaired) electrons. The van der Waals surface area contributed by atoms with Crippen LogP contribution in [0.2, 0.25) is 5.02 Å². The van der Waals surface area contributed by atoms with E-state index in [1.807, 2.05) is 24.3 Å². The van der Waals surface area contributed by atoms with Gasteiger partial charge in [-0.3, -0.25) is 9.59 Å². The van der Waals surface area contributed by atoms with E-state index in [2.05, 4.69) is 10.6 Å². The average molecular weight is 376 g/mol. The lowest BCUT2D eigenvalue weighted by Crippen LogP contribution is -2.55. The Labute approximate surface area is 153 Å². The van der Waals surface area contributed by atoms with Crippen LogP contribution >= 0.6 is 24.0 Å². The second kappa shape index (κ2) is 10.5. The number of methoxy groups -OCH3 is 1. The fourth-order valence-electron chi connectivity index (χ4n) is 2.49. The minimum absolute atomic E-state index is 0. The Balaban J connectivity index is 0.00000288. The molecule has 0 aromatic heterocycles. The van der Waals surface area contributed by atoms with Crippen molar-refractivity contribution in [2.24, 2.45) is 0 Å². The second-order valence-corrected chi connectivity index (χ2v) is 5.81. The van der Waals surface area contributed by atoms with Gasteiger partial charge in [0, 0.05) is 38.3 Å². The molecule has 0 bridgehead atoms. The molecule has 6 nitrogen and oxygen atoms in total. The molecule has 1 heterocycles. The van der Waals surface area contributed by atoms with E-state index in [1.54, 1.807) is 12.0 Å². The summed E-state index contributed by atoms with van der Waals surface area (Å²) in [6, 6.07) is 6.98. The zero-order chi connectivity index (χ0) is 16.7. The molecular formula is C16H23Cl2N3O3. The Hall–Kier alpha value is -1.34. The number of carbonyl (C=O) groups is 2. The summed E-state index contributed by atoms with van der Waals surface area (Å²) < 4.78 is 4.88. The van der Waals surface area contributed by atoms with Crippen LogP contribution in [0.25, 0.3) is 0 Å². The lowest BCUT2D eigenvalue weighted by molar-refractivity contribution is -0.138. The molecule has 1 atom stereocenters. The van der Waals surface area contributed by atoms with Crippen molar-refractivity contribution in [2.45, 2.75) is 19.0 Å². The molecule has 2 rings (SSSR count). The topological polar surface area (TPSA) is 70.7 Å². The van der Waals surface area contributed by atoms with Crippen molar-refractivity contribution in [3.8, 4) is 0 Å². The molecule has 1 unspecified atom stereocenters. The molecule has 1 aliphatic rings. The molecule has 24 heavy (non-hydrogen) atoms. The molecule has 1 aromatic carbocycles. The predicted octanol–water partition coefficient (Wildman–Crippen LogP) is 1.21. The summed E-state index contributed by atoms with van der Waals surface area (Å²) in [6.07, 6.45) is 0.127. The third kappa shape index (κ3) is 5.94. The zero-order valence-corrected chi connectivity index (χ0v) is 15.2. The van der Waals surface area contributed by atoms with Gasteiger partial charge in [0.2, 0.25) is 11.8 Å². The van der Waals surface area contributed by atoms with Crippen molar-refractivity contribution >= 4 is 35.8 Å². The minimum atomic E-state index is -0.492. The molecule has 1 aromatic rings. The molecule has 1 aliphatic heterocycles. The first-order valence-corrected chi connectivity index (χ1v) is 8.01. The van der Waals surface area contributed by atoms with Crippen molar-refractivity contribution in [2.75, 3.05) is 33.4 Å². The van der Waals surface area contributed by atoms with Crippen LogP contribution < -0.4 is 10.6 Å². The van der Waals surface area contributed by atoms with Gasteiger partial charge in [-0.15, -0.1) is 12.4 Å². The van der Waals surface area contributed by atoms with Crippen LogP contribution in [0.4, 0.5) is 0 Å². The first-order valence-electron chi connectivity index (χ1n) is 7.63. The van der Waals surface area contributed by atoms with E-state index in [0.717, 1.165) is 5.56 Å². The van der Waals surface area contributed by atoms with Gasteiger partial charge in [0.05, 0.1) is 19.1 Å². The number of nitrogens with zero attached hydrogens (tertiary/aromatic N) is 1. The second-order valence-electron chi connectivity index (χ2n) is 5.40. The maximum Gasteiger partial charge on any atom is 0.240 e. The van der Waals surface area contributed by atoms with Gasteiger partial charge in [0.1, 0.15) is 0 Å². The highest BCUT2D eigenvalue weighted by Crippen LogP contribution is 2.18. The Kier molecular flexibility index (Phi) is 9.07. The lowest BCUT2D eigenvalue weighted by atomic mass is 10.1. The van der Waals surface area contributed by atoms with E-state index in [-0.39, 0.29) is 30.6 Å². The van der Waals surface area contributed by atoms with Gasteiger partial charge in [-0.2, -0.15) is 0 Å². The molecule has 0 spiro atoms. The monoisotopic (exact) mass is 375 g/mol. The smallest absolute Gasteiger partial charge is 0.240 e. The molecule has 0 saturated carbocycles. The van der Waals surface area contributed by atoms with Crippen LogP contribution in [-0.4, -0.2) is 56.1 Å². The number of hydrogen-bond donors (Lipinski definition) is 2. The summed E-state index contributed by atoms with van der Waals surface area (Å²) in [6.45, 7) is 2.62. The van der Waals surface area contributed by atoms with Gasteiger partial charge in [-0.1, -0.05) is 29.8 Å². The van der Waals surface area contributed by atoms with Crippen LogP contribution in [0.1, 0.15) is 12.0 Å². The third-order valence-electron chi connectivity index (χ3n) is 3.72. The van der Waals surface area contributed by atoms with Crippen molar-refractivity contribution < 1.29 is 14.3 Å². The fourth-order valence-corrected chi connectivity index (χ4v) is 2.69. The Morgan fingerprint density at radius 2 is 2.21 bits per heavy atom. The maximum absolute atomic E-state index is 12.5. The van der Waals surface area contributed by atoms with Crippen LogP contribution in [0.5, 0.6) is 0 Å². The van der Waals surface area contributed by atoms with Crippen molar-refractivity contribution in [3.63, 3.8) is 0 Å². The number of hydrogen-bond acceptors (Lipinski definition) is 4. The summed E-state index contributed by atoms with van der Waals surface area (Å²) in [5.41, 5.74) is 0.910. The normalized spacial score (nSPS) is 17.3. The van der Waals surface area contributed by atoms with Crippen molar-refractivity contribution in [1.82, 2.24) is 15.5 Å². The van der Waals surface area contributed by atoms with Crippen molar-refractivity contribution in [3.05, 3.63) is 34.9 Å². The van der Waals surface area contributed by atoms with Gasteiger partial charge in [0.25, 0.3) is 0 Å². The molecule has 0 aliphatic carbocycles. The van der Waals surface area contributed by atoms with Gasteiger partial charge in [-0.25, -0.2) is 0 Å². The Bertz CT molecular complexity index is 557. The zero-order valence-electron chi connectivity index (χ0n) is 13.6. The van der Waals surface area contributed by atoms with Crippen LogP contribution in [0.3, 0.4) is 0 Å². The van der Waals surface area contributed by atoms with E-state index in [0.29, 0.717) is 37.8 Å². The first kappa shape index (κ1) is 20.7. The molecule has 8 heteroatoms. The quantitative estimate of drug-likeness (QED) is 0.702. The van der Waals surface area contributed by atoms with Gasteiger partial charge < -0.3 is 20.3 Å². The number of carbonyl (C=O) groups excluding carboxylic acids is 2. The highest BCUT2D eigenvalue weighted by molar-refractivity contribution is 6.31. The number of ether oxygens (including phenoxy) is 1. The van der Waals surface area contributed by atoms with Gasteiger partial charge in [-0.05, 0) is 11.6 Å². The van der Waals surface area contributed by atoms with E-state index < -0.39 is 6.04 Å². The van der Waals surface area contributed by atoms with E-state index in [9.17, 15) is 9.59 Å². The number of benzene rings is 1. The maximum atomic E-state index is 12.5. The summed E-state index contributed by atoms with van der Waals surface area (Å²) in [4.78, 5) is 26.1. The van der Waals surface area contributed by atoms with Crippen molar-refractivity contribution in [1.29, 1.82) is 0 Å². The minimum Gasteiger partial charge on any atom is -0.383 e. The van der Waals surface area contributed by atoms with Crippen LogP contribution in [0, 0.1) is 0 Å². The number of amides is 2. The Morgan fingerprint density at radius 1 is 1.46 bits per heavy atom.